The van der Waals surface area contributed by atoms with Gasteiger partial charge in [-0.1, -0.05) is 23.7 Å². The number of furan rings is 1. The van der Waals surface area contributed by atoms with Crippen molar-refractivity contribution in [1.82, 2.24) is 15.3 Å². The monoisotopic (exact) mass is 543 g/mol. The Hall–Kier alpha value is -3.30. The molecule has 1 saturated carbocycles. The van der Waals surface area contributed by atoms with Gasteiger partial charge in [0.15, 0.2) is 0 Å². The minimum atomic E-state index is -4.44. The maximum Gasteiger partial charge on any atom is 0.416 e. The van der Waals surface area contributed by atoms with Crippen molar-refractivity contribution in [1.29, 1.82) is 0 Å². The molecule has 1 fully saturated rings. The average molecular weight is 544 g/mol. The van der Waals surface area contributed by atoms with Crippen molar-refractivity contribution in [2.24, 2.45) is 0 Å². The lowest BCUT2D eigenvalue weighted by atomic mass is 9.91. The minimum absolute atomic E-state index is 0.00704. The quantitative estimate of drug-likeness (QED) is 0.258. The summed E-state index contributed by atoms with van der Waals surface area (Å²) >= 11 is 6.11. The maximum atomic E-state index is 12.9. The highest BCUT2D eigenvalue weighted by molar-refractivity contribution is 6.33. The molecule has 10 heteroatoms. The molecule has 2 N–H and O–H groups in total. The van der Waals surface area contributed by atoms with Crippen LogP contribution in [0.2, 0.25) is 5.02 Å². The number of halogens is 4. The normalized spacial score (nSPS) is 18.1. The van der Waals surface area contributed by atoms with Crippen LogP contribution in [-0.2, 0) is 12.7 Å². The lowest BCUT2D eigenvalue weighted by molar-refractivity contribution is -0.137. The third kappa shape index (κ3) is 5.89. The molecule has 0 radical (unpaired) electrons. The van der Waals surface area contributed by atoms with E-state index in [0.717, 1.165) is 54.5 Å². The van der Waals surface area contributed by atoms with Crippen LogP contribution in [0.15, 0.2) is 59.0 Å². The summed E-state index contributed by atoms with van der Waals surface area (Å²) in [5.74, 6) is 2.69. The van der Waals surface area contributed by atoms with E-state index in [4.69, 9.17) is 26.0 Å². The van der Waals surface area contributed by atoms with Crippen molar-refractivity contribution in [2.45, 2.75) is 50.5 Å². The first-order chi connectivity index (χ1) is 18.2. The smallest absolute Gasteiger partial charge is 0.416 e. The zero-order chi connectivity index (χ0) is 26.9. The van der Waals surface area contributed by atoms with Gasteiger partial charge in [-0.15, -0.1) is 0 Å². The fourth-order valence-corrected chi connectivity index (χ4v) is 5.12. The van der Waals surface area contributed by atoms with E-state index < -0.39 is 11.7 Å². The molecule has 4 aromatic rings. The third-order valence-corrected chi connectivity index (χ3v) is 7.17. The van der Waals surface area contributed by atoms with Gasteiger partial charge in [-0.2, -0.15) is 18.2 Å². The largest absolute Gasteiger partial charge is 0.460 e. The van der Waals surface area contributed by atoms with E-state index in [1.807, 2.05) is 49.3 Å². The predicted molar refractivity (Wildman–Crippen MR) is 145 cm³/mol. The zero-order valence-electron chi connectivity index (χ0n) is 21.1. The summed E-state index contributed by atoms with van der Waals surface area (Å²) < 4.78 is 44.6. The van der Waals surface area contributed by atoms with Gasteiger partial charge in [0.2, 0.25) is 5.95 Å². The van der Waals surface area contributed by atoms with Crippen LogP contribution in [0.25, 0.3) is 22.2 Å². The number of hydrogen-bond acceptors (Lipinski definition) is 6. The summed E-state index contributed by atoms with van der Waals surface area (Å²) in [5, 5.41) is 8.09. The third-order valence-electron chi connectivity index (χ3n) is 6.86. The zero-order valence-corrected chi connectivity index (χ0v) is 21.9. The van der Waals surface area contributed by atoms with Crippen LogP contribution in [0.1, 0.15) is 37.0 Å². The van der Waals surface area contributed by atoms with Gasteiger partial charge in [-0.25, -0.2) is 4.98 Å². The molecule has 1 aliphatic carbocycles. The van der Waals surface area contributed by atoms with Crippen molar-refractivity contribution in [3.63, 3.8) is 0 Å². The van der Waals surface area contributed by atoms with Gasteiger partial charge < -0.3 is 20.0 Å². The molecule has 2 heterocycles. The molecule has 2 aromatic carbocycles. The molecule has 0 saturated heterocycles. The van der Waals surface area contributed by atoms with E-state index in [-0.39, 0.29) is 5.02 Å². The van der Waals surface area contributed by atoms with E-state index in [9.17, 15) is 13.2 Å². The van der Waals surface area contributed by atoms with Crippen LogP contribution in [0.3, 0.4) is 0 Å². The van der Waals surface area contributed by atoms with E-state index in [1.54, 1.807) is 6.07 Å². The van der Waals surface area contributed by atoms with Crippen LogP contribution in [0, 0.1) is 0 Å². The molecular weight excluding hydrogens is 515 g/mol. The van der Waals surface area contributed by atoms with Crippen LogP contribution in [-0.4, -0.2) is 36.1 Å². The fourth-order valence-electron chi connectivity index (χ4n) is 4.84. The molecule has 0 aliphatic heterocycles. The molecule has 0 unspecified atom stereocenters. The van der Waals surface area contributed by atoms with Gasteiger partial charge in [0.05, 0.1) is 22.6 Å². The number of benzene rings is 2. The molecule has 6 nitrogen and oxygen atoms in total. The standard InChI is InChI=1S/C28H29ClF3N5O/c1-37(2)26-22-5-3-4-6-24(22)35-27(36-26)34-19-10-8-18(9-11-19)33-16-20-12-14-25(38-20)21-13-7-17(15-23(21)29)28(30,31)32/h3-7,12-15,18-19,33H,8-11,16H2,1-2H3,(H,34,35,36). The number of rotatable bonds is 7. The van der Waals surface area contributed by atoms with Gasteiger partial charge in [0.1, 0.15) is 17.3 Å². The molecule has 2 aromatic heterocycles. The van der Waals surface area contributed by atoms with Gasteiger partial charge in [-0.3, -0.25) is 0 Å². The second kappa shape index (κ2) is 10.8. The average Bonchev–Trinajstić information content (AvgIpc) is 3.36. The molecule has 0 spiro atoms. The number of aromatic nitrogens is 2. The number of anilines is 2. The van der Waals surface area contributed by atoms with Crippen molar-refractivity contribution in [3.05, 3.63) is 70.9 Å². The molecular formula is C28H29ClF3N5O. The Morgan fingerprint density at radius 2 is 1.71 bits per heavy atom. The lowest BCUT2D eigenvalue weighted by Gasteiger charge is -2.30. The number of alkyl halides is 3. The highest BCUT2D eigenvalue weighted by atomic mass is 35.5. The molecule has 5 rings (SSSR count). The summed E-state index contributed by atoms with van der Waals surface area (Å²) in [6.45, 7) is 0.529. The van der Waals surface area contributed by atoms with Crippen molar-refractivity contribution >= 4 is 34.3 Å². The number of hydrogen-bond donors (Lipinski definition) is 2. The van der Waals surface area contributed by atoms with Gasteiger partial charge in [0.25, 0.3) is 0 Å². The van der Waals surface area contributed by atoms with E-state index in [2.05, 4.69) is 10.6 Å². The fraction of sp³-hybridized carbons (Fsp3) is 0.357. The minimum Gasteiger partial charge on any atom is -0.460 e. The van der Waals surface area contributed by atoms with Gasteiger partial charge in [-0.05, 0) is 68.1 Å². The molecule has 0 bridgehead atoms. The van der Waals surface area contributed by atoms with Crippen molar-refractivity contribution in [3.8, 4) is 11.3 Å². The number of nitrogens with zero attached hydrogens (tertiary/aromatic N) is 3. The maximum absolute atomic E-state index is 12.9. The van der Waals surface area contributed by atoms with Crippen LogP contribution in [0.4, 0.5) is 24.9 Å². The van der Waals surface area contributed by atoms with Crippen molar-refractivity contribution < 1.29 is 17.6 Å². The first-order valence-corrected chi connectivity index (χ1v) is 12.9. The number of fused-ring (bicyclic) bond motifs is 1. The molecule has 0 amide bonds. The number of para-hydroxylation sites is 1. The van der Waals surface area contributed by atoms with Crippen LogP contribution >= 0.6 is 11.6 Å². The molecule has 200 valence electrons. The van der Waals surface area contributed by atoms with E-state index in [0.29, 0.717) is 41.7 Å². The van der Waals surface area contributed by atoms with Crippen molar-refractivity contribution in [2.75, 3.05) is 24.3 Å². The second-order valence-electron chi connectivity index (χ2n) is 9.81. The Bertz CT molecular complexity index is 1410. The van der Waals surface area contributed by atoms with Gasteiger partial charge >= 0.3 is 6.18 Å². The SMILES string of the molecule is CN(C)c1nc(NC2CCC(NCc3ccc(-c4ccc(C(F)(F)F)cc4Cl)o3)CC2)nc2ccccc12. The topological polar surface area (TPSA) is 66.2 Å². The van der Waals surface area contributed by atoms with E-state index in [1.165, 1.54) is 6.07 Å². The Kier molecular flexibility index (Phi) is 7.49. The first-order valence-electron chi connectivity index (χ1n) is 12.6. The van der Waals surface area contributed by atoms with Gasteiger partial charge in [0, 0.05) is 37.1 Å². The highest BCUT2D eigenvalue weighted by Gasteiger charge is 2.31. The molecule has 38 heavy (non-hydrogen) atoms. The summed E-state index contributed by atoms with van der Waals surface area (Å²) in [5.41, 5.74) is 0.570. The molecule has 0 atom stereocenters. The van der Waals surface area contributed by atoms with E-state index >= 15 is 0 Å². The summed E-state index contributed by atoms with van der Waals surface area (Å²) in [7, 11) is 3.96. The Balaban J connectivity index is 1.15. The Labute approximate surface area is 224 Å². The summed E-state index contributed by atoms with van der Waals surface area (Å²) in [4.78, 5) is 11.5. The lowest BCUT2D eigenvalue weighted by Crippen LogP contribution is -2.36. The Morgan fingerprint density at radius 3 is 2.42 bits per heavy atom. The molecule has 1 aliphatic rings. The summed E-state index contributed by atoms with van der Waals surface area (Å²) in [6, 6.07) is 15.5. The second-order valence-corrected chi connectivity index (χ2v) is 10.2. The predicted octanol–water partition coefficient (Wildman–Crippen LogP) is 7.14. The Morgan fingerprint density at radius 1 is 0.974 bits per heavy atom. The van der Waals surface area contributed by atoms with Crippen LogP contribution < -0.4 is 15.5 Å². The highest BCUT2D eigenvalue weighted by Crippen LogP contribution is 2.36. The summed E-state index contributed by atoms with van der Waals surface area (Å²) in [6.07, 6.45) is -0.494. The number of nitrogens with one attached hydrogen (secondary N) is 2. The first kappa shape index (κ1) is 26.3. The van der Waals surface area contributed by atoms with Crippen LogP contribution in [0.5, 0.6) is 0 Å².